The molecule has 0 bridgehead atoms. The van der Waals surface area contributed by atoms with E-state index in [4.69, 9.17) is 14.2 Å². The zero-order valence-corrected chi connectivity index (χ0v) is 15.7. The monoisotopic (exact) mass is 367 g/mol. The van der Waals surface area contributed by atoms with E-state index in [1.165, 1.54) is 12.1 Å². The van der Waals surface area contributed by atoms with Crippen molar-refractivity contribution < 1.29 is 18.6 Å². The van der Waals surface area contributed by atoms with Gasteiger partial charge in [-0.05, 0) is 30.5 Å². The lowest BCUT2D eigenvalue weighted by Gasteiger charge is -2.19. The van der Waals surface area contributed by atoms with E-state index in [0.717, 1.165) is 51.4 Å². The Kier molecular flexibility index (Phi) is 9.38. The van der Waals surface area contributed by atoms with Gasteiger partial charge in [0.1, 0.15) is 5.82 Å². The molecule has 0 aliphatic carbocycles. The van der Waals surface area contributed by atoms with Crippen LogP contribution >= 0.6 is 0 Å². The van der Waals surface area contributed by atoms with Crippen LogP contribution in [0, 0.1) is 11.7 Å². The van der Waals surface area contributed by atoms with Gasteiger partial charge in [0.2, 0.25) is 0 Å². The van der Waals surface area contributed by atoms with E-state index in [0.29, 0.717) is 18.4 Å². The molecule has 1 fully saturated rings. The Hall–Kier alpha value is -1.70. The molecule has 0 saturated carbocycles. The topological polar surface area (TPSA) is 64.1 Å². The second-order valence-corrected chi connectivity index (χ2v) is 6.31. The Balaban J connectivity index is 1.61. The first kappa shape index (κ1) is 20.6. The molecule has 0 aromatic heterocycles. The summed E-state index contributed by atoms with van der Waals surface area (Å²) >= 11 is 0. The third kappa shape index (κ3) is 7.27. The van der Waals surface area contributed by atoms with Crippen LogP contribution in [0.25, 0.3) is 0 Å². The smallest absolute Gasteiger partial charge is 0.191 e. The van der Waals surface area contributed by atoms with Crippen molar-refractivity contribution in [1.29, 1.82) is 0 Å². The second-order valence-electron chi connectivity index (χ2n) is 6.31. The molecule has 0 amide bonds. The van der Waals surface area contributed by atoms with Crippen molar-refractivity contribution in [2.45, 2.75) is 18.9 Å². The summed E-state index contributed by atoms with van der Waals surface area (Å²) in [6.45, 7) is 4.49. The summed E-state index contributed by atoms with van der Waals surface area (Å²) < 4.78 is 29.5. The van der Waals surface area contributed by atoms with Crippen molar-refractivity contribution in [3.63, 3.8) is 0 Å². The molecule has 0 radical (unpaired) electrons. The number of hydrogen-bond acceptors (Lipinski definition) is 4. The molecule has 6 nitrogen and oxygen atoms in total. The number of hydrogen-bond donors (Lipinski definition) is 2. The molecular formula is C19H30FN3O3. The third-order valence-corrected chi connectivity index (χ3v) is 4.34. The molecule has 1 heterocycles. The van der Waals surface area contributed by atoms with Crippen LogP contribution in [0.1, 0.15) is 24.5 Å². The maximum atomic E-state index is 13.0. The molecule has 1 aromatic rings. The van der Waals surface area contributed by atoms with E-state index in [-0.39, 0.29) is 11.9 Å². The van der Waals surface area contributed by atoms with Crippen molar-refractivity contribution in [1.82, 2.24) is 10.6 Å². The number of aliphatic imine (C=N–C) groups is 1. The number of nitrogens with zero attached hydrogens (tertiary/aromatic N) is 1. The van der Waals surface area contributed by atoms with Crippen molar-refractivity contribution in [2.24, 2.45) is 10.9 Å². The van der Waals surface area contributed by atoms with E-state index in [2.05, 4.69) is 15.6 Å². The highest BCUT2D eigenvalue weighted by molar-refractivity contribution is 5.79. The van der Waals surface area contributed by atoms with Crippen molar-refractivity contribution in [3.8, 4) is 0 Å². The van der Waals surface area contributed by atoms with E-state index < -0.39 is 0 Å². The number of guanidine groups is 1. The van der Waals surface area contributed by atoms with Gasteiger partial charge >= 0.3 is 0 Å². The predicted octanol–water partition coefficient (Wildman–Crippen LogP) is 2.12. The highest BCUT2D eigenvalue weighted by Gasteiger charge is 2.15. The average Bonchev–Trinajstić information content (AvgIpc) is 3.18. The molecular weight excluding hydrogens is 337 g/mol. The first-order chi connectivity index (χ1) is 12.7. The van der Waals surface area contributed by atoms with E-state index in [9.17, 15) is 4.39 Å². The normalized spacial score (nSPS) is 18.7. The van der Waals surface area contributed by atoms with Crippen LogP contribution in [0.15, 0.2) is 29.3 Å². The average molecular weight is 367 g/mol. The van der Waals surface area contributed by atoms with Gasteiger partial charge in [0.25, 0.3) is 0 Å². The number of rotatable bonds is 10. The summed E-state index contributed by atoms with van der Waals surface area (Å²) in [4.78, 5) is 4.20. The maximum absolute atomic E-state index is 13.0. The third-order valence-electron chi connectivity index (χ3n) is 4.34. The molecule has 7 heteroatoms. The fourth-order valence-corrected chi connectivity index (χ4v) is 2.77. The summed E-state index contributed by atoms with van der Waals surface area (Å²) in [5.74, 6) is 1.00. The lowest BCUT2D eigenvalue weighted by atomic mass is 10.1. The van der Waals surface area contributed by atoms with Crippen LogP contribution in [-0.4, -0.2) is 59.6 Å². The van der Waals surface area contributed by atoms with Gasteiger partial charge in [0.05, 0.1) is 19.3 Å². The Morgan fingerprint density at radius 2 is 2.15 bits per heavy atom. The van der Waals surface area contributed by atoms with Crippen LogP contribution in [0.3, 0.4) is 0 Å². The van der Waals surface area contributed by atoms with E-state index >= 15 is 0 Å². The highest BCUT2D eigenvalue weighted by Crippen LogP contribution is 2.16. The molecule has 1 aromatic carbocycles. The predicted molar refractivity (Wildman–Crippen MR) is 99.9 cm³/mol. The summed E-state index contributed by atoms with van der Waals surface area (Å²) in [6, 6.07) is 6.33. The molecule has 2 atom stereocenters. The first-order valence-corrected chi connectivity index (χ1v) is 9.11. The summed E-state index contributed by atoms with van der Waals surface area (Å²) in [5, 5.41) is 6.49. The van der Waals surface area contributed by atoms with Gasteiger partial charge in [-0.3, -0.25) is 4.99 Å². The van der Waals surface area contributed by atoms with Crippen LogP contribution < -0.4 is 10.6 Å². The minimum Gasteiger partial charge on any atom is -0.381 e. The minimum absolute atomic E-state index is 0.175. The van der Waals surface area contributed by atoms with Gasteiger partial charge in [-0.15, -0.1) is 0 Å². The summed E-state index contributed by atoms with van der Waals surface area (Å²) in [6.07, 6.45) is 1.83. The van der Waals surface area contributed by atoms with Crippen molar-refractivity contribution in [3.05, 3.63) is 35.6 Å². The second kappa shape index (κ2) is 11.8. The lowest BCUT2D eigenvalue weighted by Crippen LogP contribution is -2.40. The standard InChI is InChI=1S/C19H30FN3O3/c1-21-19(22-9-3-10-25-13-15-8-11-26-14-15)23-12-18(24-2)16-4-6-17(20)7-5-16/h4-7,15,18H,3,8-14H2,1-2H3,(H2,21,22,23). The molecule has 2 unspecified atom stereocenters. The van der Waals surface area contributed by atoms with Gasteiger partial charge < -0.3 is 24.8 Å². The Morgan fingerprint density at radius 3 is 2.81 bits per heavy atom. The summed E-state index contributed by atoms with van der Waals surface area (Å²) in [5.41, 5.74) is 0.918. The van der Waals surface area contributed by atoms with Crippen molar-refractivity contribution in [2.75, 3.05) is 53.7 Å². The van der Waals surface area contributed by atoms with Crippen LogP contribution in [0.2, 0.25) is 0 Å². The minimum atomic E-state index is -0.253. The molecule has 1 aliphatic rings. The van der Waals surface area contributed by atoms with Crippen LogP contribution in [-0.2, 0) is 14.2 Å². The fraction of sp³-hybridized carbons (Fsp3) is 0.632. The number of nitrogens with one attached hydrogen (secondary N) is 2. The van der Waals surface area contributed by atoms with Gasteiger partial charge in [0.15, 0.2) is 5.96 Å². The SMILES string of the molecule is CN=C(NCCCOCC1CCOC1)NCC(OC)c1ccc(F)cc1. The zero-order chi connectivity index (χ0) is 18.6. The summed E-state index contributed by atoms with van der Waals surface area (Å²) in [7, 11) is 3.37. The van der Waals surface area contributed by atoms with Gasteiger partial charge in [-0.25, -0.2) is 4.39 Å². The van der Waals surface area contributed by atoms with E-state index in [1.54, 1.807) is 26.3 Å². The number of methoxy groups -OCH3 is 1. The van der Waals surface area contributed by atoms with Gasteiger partial charge in [-0.1, -0.05) is 12.1 Å². The van der Waals surface area contributed by atoms with Crippen LogP contribution in [0.5, 0.6) is 0 Å². The fourth-order valence-electron chi connectivity index (χ4n) is 2.77. The maximum Gasteiger partial charge on any atom is 0.191 e. The van der Waals surface area contributed by atoms with Gasteiger partial charge in [-0.2, -0.15) is 0 Å². The molecule has 1 saturated heterocycles. The quantitative estimate of drug-likeness (QED) is 0.377. The molecule has 2 rings (SSSR count). The zero-order valence-electron chi connectivity index (χ0n) is 15.7. The Morgan fingerprint density at radius 1 is 1.35 bits per heavy atom. The molecule has 26 heavy (non-hydrogen) atoms. The molecule has 2 N–H and O–H groups in total. The molecule has 1 aliphatic heterocycles. The molecule has 146 valence electrons. The van der Waals surface area contributed by atoms with Crippen molar-refractivity contribution >= 4 is 5.96 Å². The molecule has 0 spiro atoms. The lowest BCUT2D eigenvalue weighted by molar-refractivity contribution is 0.0887. The Bertz CT molecular complexity index is 533. The Labute approximate surface area is 155 Å². The van der Waals surface area contributed by atoms with E-state index in [1.807, 2.05) is 0 Å². The number of halogens is 1. The number of ether oxygens (including phenoxy) is 3. The largest absolute Gasteiger partial charge is 0.381 e. The van der Waals surface area contributed by atoms with Gasteiger partial charge in [0, 0.05) is 46.4 Å². The highest BCUT2D eigenvalue weighted by atomic mass is 19.1. The van der Waals surface area contributed by atoms with Crippen LogP contribution in [0.4, 0.5) is 4.39 Å². The number of benzene rings is 1. The first-order valence-electron chi connectivity index (χ1n) is 9.11.